The van der Waals surface area contributed by atoms with E-state index in [1.807, 2.05) is 12.1 Å². The van der Waals surface area contributed by atoms with Gasteiger partial charge in [-0.2, -0.15) is 0 Å². The van der Waals surface area contributed by atoms with Crippen molar-refractivity contribution in [2.75, 3.05) is 39.7 Å². The first-order chi connectivity index (χ1) is 21.7. The molecule has 4 aromatic rings. The number of carbonyl (C=O) groups is 2. The lowest BCUT2D eigenvalue weighted by atomic mass is 9.95. The number of aromatic nitrogens is 1. The van der Waals surface area contributed by atoms with Crippen LogP contribution < -0.4 is 30.3 Å². The second kappa shape index (κ2) is 12.1. The standard InChI is InChI=1S/C34H35FN4O6/c1-18(40)37-25-8-5-19-13-30(43-2)33(44-3)34(45-4)32(19)21-7-10-28(29(41)15-23(21)25)36-16-31(42)39-12-11-27-24(17-39)22-14-20(35)6-9-26(22)38-27/h6-7,9-10,13-15,25,38H,5,8,11-12,16-17H2,1-4H3,(H,36,41)(H,37,40)/t25-/m1/s1. The molecule has 0 spiro atoms. The number of amides is 2. The van der Waals surface area contributed by atoms with Gasteiger partial charge < -0.3 is 34.7 Å². The lowest BCUT2D eigenvalue weighted by Gasteiger charge is -2.27. The second-order valence-electron chi connectivity index (χ2n) is 11.3. The third-order valence-electron chi connectivity index (χ3n) is 8.64. The van der Waals surface area contributed by atoms with Gasteiger partial charge in [-0.25, -0.2) is 4.39 Å². The maximum atomic E-state index is 14.0. The van der Waals surface area contributed by atoms with Crippen LogP contribution in [0.25, 0.3) is 22.0 Å². The molecule has 6 rings (SSSR count). The van der Waals surface area contributed by atoms with Crippen LogP contribution in [0, 0.1) is 5.82 Å². The lowest BCUT2D eigenvalue weighted by Crippen LogP contribution is -2.39. The average molecular weight is 615 g/mol. The monoisotopic (exact) mass is 614 g/mol. The first-order valence-electron chi connectivity index (χ1n) is 14.8. The first kappa shape index (κ1) is 30.0. The second-order valence-corrected chi connectivity index (χ2v) is 11.3. The molecule has 0 saturated carbocycles. The first-order valence-corrected chi connectivity index (χ1v) is 14.8. The molecule has 0 radical (unpaired) electrons. The molecule has 2 amide bonds. The van der Waals surface area contributed by atoms with Crippen molar-refractivity contribution in [3.63, 3.8) is 0 Å². The van der Waals surface area contributed by atoms with E-state index in [2.05, 4.69) is 15.6 Å². The molecular formula is C34H35FN4O6. The molecule has 2 heterocycles. The summed E-state index contributed by atoms with van der Waals surface area (Å²) in [6.45, 7) is 2.20. The van der Waals surface area contributed by atoms with E-state index in [0.717, 1.165) is 33.3 Å². The summed E-state index contributed by atoms with van der Waals surface area (Å²) < 4.78 is 31.0. The Labute approximate surface area is 259 Å². The highest BCUT2D eigenvalue weighted by Crippen LogP contribution is 2.50. The van der Waals surface area contributed by atoms with Crippen molar-refractivity contribution in [2.45, 2.75) is 38.8 Å². The van der Waals surface area contributed by atoms with Crippen molar-refractivity contribution in [1.29, 1.82) is 0 Å². The van der Waals surface area contributed by atoms with Gasteiger partial charge in [0.1, 0.15) is 5.82 Å². The summed E-state index contributed by atoms with van der Waals surface area (Å²) >= 11 is 0. The lowest BCUT2D eigenvalue weighted by molar-refractivity contribution is -0.130. The van der Waals surface area contributed by atoms with Crippen molar-refractivity contribution < 1.29 is 28.2 Å². The van der Waals surface area contributed by atoms with Crippen molar-refractivity contribution in [3.8, 4) is 28.4 Å². The van der Waals surface area contributed by atoms with E-state index in [1.54, 1.807) is 31.3 Å². The number of aromatic amines is 1. The number of methoxy groups -OCH3 is 3. The van der Waals surface area contributed by atoms with Gasteiger partial charge in [0.2, 0.25) is 23.0 Å². The van der Waals surface area contributed by atoms with E-state index in [9.17, 15) is 18.8 Å². The molecule has 1 aromatic heterocycles. The normalized spacial score (nSPS) is 15.3. The number of rotatable bonds is 7. The molecule has 1 aliphatic carbocycles. The zero-order chi connectivity index (χ0) is 31.8. The van der Waals surface area contributed by atoms with Crippen molar-refractivity contribution >= 4 is 28.4 Å². The molecule has 1 aliphatic heterocycles. The number of nitrogens with zero attached hydrogens (tertiary/aromatic N) is 1. The number of anilines is 1. The molecule has 0 fully saturated rings. The van der Waals surface area contributed by atoms with Gasteiger partial charge in [-0.05, 0) is 65.9 Å². The number of aryl methyl sites for hydroxylation is 1. The molecule has 2 aliphatic rings. The summed E-state index contributed by atoms with van der Waals surface area (Å²) in [6, 6.07) is 11.0. The van der Waals surface area contributed by atoms with Gasteiger partial charge in [0, 0.05) is 54.2 Å². The van der Waals surface area contributed by atoms with Gasteiger partial charge in [0.15, 0.2) is 11.5 Å². The van der Waals surface area contributed by atoms with Crippen LogP contribution in [0.3, 0.4) is 0 Å². The van der Waals surface area contributed by atoms with Gasteiger partial charge in [-0.15, -0.1) is 0 Å². The van der Waals surface area contributed by atoms with Crippen molar-refractivity contribution in [3.05, 3.63) is 80.9 Å². The molecule has 0 bridgehead atoms. The largest absolute Gasteiger partial charge is 0.493 e. The van der Waals surface area contributed by atoms with E-state index >= 15 is 0 Å². The maximum absolute atomic E-state index is 14.0. The van der Waals surface area contributed by atoms with Crippen LogP contribution >= 0.6 is 0 Å². The van der Waals surface area contributed by atoms with Crippen LogP contribution in [0.2, 0.25) is 0 Å². The summed E-state index contributed by atoms with van der Waals surface area (Å²) in [5, 5.41) is 6.81. The van der Waals surface area contributed by atoms with Crippen LogP contribution in [0.15, 0.2) is 47.3 Å². The van der Waals surface area contributed by atoms with E-state index in [1.165, 1.54) is 32.2 Å². The van der Waals surface area contributed by atoms with Crippen LogP contribution in [0.5, 0.6) is 17.2 Å². The predicted molar refractivity (Wildman–Crippen MR) is 169 cm³/mol. The Morgan fingerprint density at radius 3 is 2.56 bits per heavy atom. The number of carbonyl (C=O) groups excluding carboxylic acids is 2. The highest BCUT2D eigenvalue weighted by Gasteiger charge is 2.30. The molecule has 1 atom stereocenters. The van der Waals surface area contributed by atoms with E-state index in [0.29, 0.717) is 60.7 Å². The van der Waals surface area contributed by atoms with Gasteiger partial charge in [-0.3, -0.25) is 14.4 Å². The number of fused-ring (bicyclic) bond motifs is 6. The Hall–Kier alpha value is -5.06. The molecule has 45 heavy (non-hydrogen) atoms. The molecular weight excluding hydrogens is 579 g/mol. The number of halogens is 1. The number of nitrogens with one attached hydrogen (secondary N) is 3. The fourth-order valence-corrected chi connectivity index (χ4v) is 6.54. The summed E-state index contributed by atoms with van der Waals surface area (Å²) in [4.78, 5) is 44.2. The SMILES string of the molecule is COc1cc2c(c(OC)c1OC)-c1ccc(NCC(=O)N3CCc4[nH]c5ccc(F)cc5c4C3)c(=O)cc1[C@H](NC(C)=O)CC2. The Morgan fingerprint density at radius 2 is 1.82 bits per heavy atom. The highest BCUT2D eigenvalue weighted by atomic mass is 19.1. The summed E-state index contributed by atoms with van der Waals surface area (Å²) in [5.74, 6) is 0.667. The number of ether oxygens (including phenoxy) is 3. The Bertz CT molecular complexity index is 1890. The summed E-state index contributed by atoms with van der Waals surface area (Å²) in [5.41, 5.74) is 5.67. The van der Waals surface area contributed by atoms with Crippen molar-refractivity contribution in [2.24, 2.45) is 0 Å². The Balaban J connectivity index is 1.33. The van der Waals surface area contributed by atoms with Gasteiger partial charge in [0.05, 0.1) is 39.6 Å². The third kappa shape index (κ3) is 5.54. The molecule has 11 heteroatoms. The minimum Gasteiger partial charge on any atom is -0.493 e. The van der Waals surface area contributed by atoms with Gasteiger partial charge >= 0.3 is 0 Å². The van der Waals surface area contributed by atoms with Gasteiger partial charge in [0.25, 0.3) is 0 Å². The number of hydrogen-bond donors (Lipinski definition) is 3. The maximum Gasteiger partial charge on any atom is 0.242 e. The molecule has 0 saturated heterocycles. The Morgan fingerprint density at radius 1 is 1.02 bits per heavy atom. The minimum atomic E-state index is -0.440. The molecule has 3 N–H and O–H groups in total. The zero-order valence-corrected chi connectivity index (χ0v) is 25.6. The molecule has 234 valence electrons. The van der Waals surface area contributed by atoms with Crippen LogP contribution in [-0.4, -0.2) is 56.1 Å². The van der Waals surface area contributed by atoms with Gasteiger partial charge in [-0.1, -0.05) is 6.07 Å². The fourth-order valence-electron chi connectivity index (χ4n) is 6.54. The zero-order valence-electron chi connectivity index (χ0n) is 25.6. The smallest absolute Gasteiger partial charge is 0.242 e. The van der Waals surface area contributed by atoms with E-state index < -0.39 is 6.04 Å². The van der Waals surface area contributed by atoms with Crippen LogP contribution in [-0.2, 0) is 29.0 Å². The number of hydrogen-bond acceptors (Lipinski definition) is 7. The quantitative estimate of drug-likeness (QED) is 0.281. The summed E-state index contributed by atoms with van der Waals surface area (Å²) in [6.07, 6.45) is 1.75. The third-order valence-corrected chi connectivity index (χ3v) is 8.64. The van der Waals surface area contributed by atoms with Crippen molar-refractivity contribution in [1.82, 2.24) is 15.2 Å². The van der Waals surface area contributed by atoms with E-state index in [4.69, 9.17) is 14.2 Å². The number of benzene rings is 2. The van der Waals surface area contributed by atoms with Crippen LogP contribution in [0.4, 0.5) is 10.1 Å². The average Bonchev–Trinajstić information content (AvgIpc) is 3.22. The molecule has 10 nitrogen and oxygen atoms in total. The predicted octanol–water partition coefficient (Wildman–Crippen LogP) is 4.48. The fraction of sp³-hybridized carbons (Fsp3) is 0.324. The number of H-pyrrole nitrogens is 1. The topological polar surface area (TPSA) is 122 Å². The van der Waals surface area contributed by atoms with Crippen LogP contribution in [0.1, 0.15) is 41.8 Å². The highest BCUT2D eigenvalue weighted by molar-refractivity contribution is 5.87. The summed E-state index contributed by atoms with van der Waals surface area (Å²) in [7, 11) is 4.63. The molecule has 0 unspecified atom stereocenters. The molecule has 3 aromatic carbocycles. The minimum absolute atomic E-state index is 0.101. The Kier molecular flexibility index (Phi) is 8.09. The van der Waals surface area contributed by atoms with E-state index in [-0.39, 0.29) is 35.3 Å².